The average molecular weight is 328 g/mol. The van der Waals surface area contributed by atoms with Crippen LogP contribution in [0.2, 0.25) is 0 Å². The zero-order chi connectivity index (χ0) is 13.7. The lowest BCUT2D eigenvalue weighted by molar-refractivity contribution is 0.124. The molecule has 0 heterocycles. The topological polar surface area (TPSA) is 41.5 Å². The minimum atomic E-state index is 0.169. The van der Waals surface area contributed by atoms with Crippen LogP contribution in [0.5, 0.6) is 5.75 Å². The second-order valence-corrected chi connectivity index (χ2v) is 6.05. The maximum atomic E-state index is 9.93. The SMILES string of the molecule is CCC(NCCOCC1CC1)c1cc(Br)ccc1O. The second kappa shape index (κ2) is 7.27. The first-order valence-electron chi connectivity index (χ1n) is 7.00. The smallest absolute Gasteiger partial charge is 0.120 e. The number of benzene rings is 1. The van der Waals surface area contributed by atoms with Crippen LogP contribution in [0.1, 0.15) is 37.8 Å². The second-order valence-electron chi connectivity index (χ2n) is 5.14. The van der Waals surface area contributed by atoms with Crippen molar-refractivity contribution in [3.63, 3.8) is 0 Å². The number of hydrogen-bond donors (Lipinski definition) is 2. The highest BCUT2D eigenvalue weighted by Gasteiger charge is 2.21. The molecule has 2 rings (SSSR count). The standard InChI is InChI=1S/C15H22BrNO2/c1-2-14(13-9-12(16)5-6-15(13)18)17-7-8-19-10-11-3-4-11/h5-6,9,11,14,17-18H,2-4,7-8,10H2,1H3. The summed E-state index contributed by atoms with van der Waals surface area (Å²) in [5, 5.41) is 13.4. The Hall–Kier alpha value is -0.580. The molecule has 2 N–H and O–H groups in total. The maximum Gasteiger partial charge on any atom is 0.120 e. The Balaban J connectivity index is 1.79. The molecule has 1 saturated carbocycles. The van der Waals surface area contributed by atoms with E-state index in [1.165, 1.54) is 12.8 Å². The number of phenols is 1. The van der Waals surface area contributed by atoms with Gasteiger partial charge in [-0.1, -0.05) is 22.9 Å². The Morgan fingerprint density at radius 3 is 2.95 bits per heavy atom. The molecule has 0 spiro atoms. The van der Waals surface area contributed by atoms with Gasteiger partial charge in [-0.15, -0.1) is 0 Å². The van der Waals surface area contributed by atoms with Crippen LogP contribution in [0, 0.1) is 5.92 Å². The number of nitrogens with one attached hydrogen (secondary N) is 1. The van der Waals surface area contributed by atoms with Crippen LogP contribution < -0.4 is 5.32 Å². The fourth-order valence-electron chi connectivity index (χ4n) is 2.12. The number of phenolic OH excluding ortho intramolecular Hbond substituents is 1. The Labute approximate surface area is 123 Å². The van der Waals surface area contributed by atoms with Gasteiger partial charge >= 0.3 is 0 Å². The predicted molar refractivity (Wildman–Crippen MR) is 80.4 cm³/mol. The molecule has 0 aromatic heterocycles. The highest BCUT2D eigenvalue weighted by atomic mass is 79.9. The molecule has 1 aliphatic rings. The van der Waals surface area contributed by atoms with Gasteiger partial charge < -0.3 is 15.2 Å². The summed E-state index contributed by atoms with van der Waals surface area (Å²) in [6.07, 6.45) is 3.60. The normalized spacial score (nSPS) is 16.5. The summed E-state index contributed by atoms with van der Waals surface area (Å²) >= 11 is 3.45. The summed E-state index contributed by atoms with van der Waals surface area (Å²) in [7, 11) is 0. The van der Waals surface area contributed by atoms with Crippen LogP contribution in [0.25, 0.3) is 0 Å². The van der Waals surface area contributed by atoms with Gasteiger partial charge in [0.1, 0.15) is 5.75 Å². The summed E-state index contributed by atoms with van der Waals surface area (Å²) in [6.45, 7) is 4.57. The van der Waals surface area contributed by atoms with Gasteiger partial charge in [0.2, 0.25) is 0 Å². The Morgan fingerprint density at radius 2 is 2.26 bits per heavy atom. The molecular formula is C15H22BrNO2. The van der Waals surface area contributed by atoms with Gasteiger partial charge in [0.15, 0.2) is 0 Å². The summed E-state index contributed by atoms with van der Waals surface area (Å²) in [5.41, 5.74) is 0.944. The van der Waals surface area contributed by atoms with Gasteiger partial charge in [0.25, 0.3) is 0 Å². The zero-order valence-corrected chi connectivity index (χ0v) is 12.9. The third-order valence-electron chi connectivity index (χ3n) is 3.46. The largest absolute Gasteiger partial charge is 0.508 e. The van der Waals surface area contributed by atoms with E-state index < -0.39 is 0 Å². The molecule has 0 saturated heterocycles. The van der Waals surface area contributed by atoms with Crippen LogP contribution in [0.3, 0.4) is 0 Å². The minimum Gasteiger partial charge on any atom is -0.508 e. The molecule has 0 amide bonds. The van der Waals surface area contributed by atoms with E-state index in [0.717, 1.165) is 42.1 Å². The molecule has 1 fully saturated rings. The van der Waals surface area contributed by atoms with E-state index in [4.69, 9.17) is 4.74 Å². The van der Waals surface area contributed by atoms with Crippen LogP contribution in [-0.4, -0.2) is 24.9 Å². The van der Waals surface area contributed by atoms with E-state index in [1.54, 1.807) is 6.07 Å². The van der Waals surface area contributed by atoms with Crippen LogP contribution in [-0.2, 0) is 4.74 Å². The van der Waals surface area contributed by atoms with Crippen molar-refractivity contribution in [1.29, 1.82) is 0 Å². The highest BCUT2D eigenvalue weighted by molar-refractivity contribution is 9.10. The van der Waals surface area contributed by atoms with Crippen molar-refractivity contribution in [2.24, 2.45) is 5.92 Å². The van der Waals surface area contributed by atoms with Crippen molar-refractivity contribution in [1.82, 2.24) is 5.32 Å². The number of hydrogen-bond acceptors (Lipinski definition) is 3. The summed E-state index contributed by atoms with van der Waals surface area (Å²) in [5.74, 6) is 1.16. The van der Waals surface area contributed by atoms with Crippen molar-refractivity contribution in [2.75, 3.05) is 19.8 Å². The minimum absolute atomic E-state index is 0.169. The molecule has 106 valence electrons. The van der Waals surface area contributed by atoms with Gasteiger partial charge in [-0.05, 0) is 43.4 Å². The van der Waals surface area contributed by atoms with Crippen molar-refractivity contribution in [3.8, 4) is 5.75 Å². The number of ether oxygens (including phenoxy) is 1. The molecule has 3 nitrogen and oxygen atoms in total. The molecule has 1 aliphatic carbocycles. The van der Waals surface area contributed by atoms with Crippen molar-refractivity contribution in [3.05, 3.63) is 28.2 Å². The Kier molecular flexibility index (Phi) is 5.67. The Bertz CT molecular complexity index is 407. The zero-order valence-electron chi connectivity index (χ0n) is 11.4. The van der Waals surface area contributed by atoms with E-state index in [-0.39, 0.29) is 6.04 Å². The molecule has 0 aliphatic heterocycles. The quantitative estimate of drug-likeness (QED) is 0.716. The number of halogens is 1. The van der Waals surface area contributed by atoms with E-state index >= 15 is 0 Å². The van der Waals surface area contributed by atoms with E-state index in [1.807, 2.05) is 12.1 Å². The third kappa shape index (κ3) is 4.79. The molecule has 1 aromatic rings. The monoisotopic (exact) mass is 327 g/mol. The van der Waals surface area contributed by atoms with Gasteiger partial charge in [-0.3, -0.25) is 0 Å². The molecule has 0 radical (unpaired) electrons. The molecule has 19 heavy (non-hydrogen) atoms. The lowest BCUT2D eigenvalue weighted by Crippen LogP contribution is -2.25. The van der Waals surface area contributed by atoms with Gasteiger partial charge in [0, 0.05) is 29.2 Å². The summed E-state index contributed by atoms with van der Waals surface area (Å²) < 4.78 is 6.60. The molecule has 4 heteroatoms. The summed E-state index contributed by atoms with van der Waals surface area (Å²) in [4.78, 5) is 0. The van der Waals surface area contributed by atoms with Crippen LogP contribution in [0.4, 0.5) is 0 Å². The molecular weight excluding hydrogens is 306 g/mol. The van der Waals surface area contributed by atoms with Crippen molar-refractivity contribution in [2.45, 2.75) is 32.2 Å². The lowest BCUT2D eigenvalue weighted by atomic mass is 10.0. The first-order chi connectivity index (χ1) is 9.20. The van der Waals surface area contributed by atoms with E-state index in [0.29, 0.717) is 5.75 Å². The Morgan fingerprint density at radius 1 is 1.47 bits per heavy atom. The molecule has 1 unspecified atom stereocenters. The van der Waals surface area contributed by atoms with Crippen LogP contribution >= 0.6 is 15.9 Å². The maximum absolute atomic E-state index is 9.93. The number of rotatable bonds is 8. The first-order valence-corrected chi connectivity index (χ1v) is 7.79. The van der Waals surface area contributed by atoms with Crippen molar-refractivity contribution >= 4 is 15.9 Å². The van der Waals surface area contributed by atoms with E-state index in [9.17, 15) is 5.11 Å². The average Bonchev–Trinajstić information content (AvgIpc) is 3.21. The molecule has 1 atom stereocenters. The fourth-order valence-corrected chi connectivity index (χ4v) is 2.50. The van der Waals surface area contributed by atoms with Gasteiger partial charge in [-0.25, -0.2) is 0 Å². The van der Waals surface area contributed by atoms with E-state index in [2.05, 4.69) is 28.2 Å². The van der Waals surface area contributed by atoms with Gasteiger partial charge in [0.05, 0.1) is 6.61 Å². The lowest BCUT2D eigenvalue weighted by Gasteiger charge is -2.19. The van der Waals surface area contributed by atoms with Crippen molar-refractivity contribution < 1.29 is 9.84 Å². The highest BCUT2D eigenvalue weighted by Crippen LogP contribution is 2.30. The van der Waals surface area contributed by atoms with Crippen LogP contribution in [0.15, 0.2) is 22.7 Å². The molecule has 1 aromatic carbocycles. The summed E-state index contributed by atoms with van der Waals surface area (Å²) in [6, 6.07) is 5.72. The molecule has 0 bridgehead atoms. The third-order valence-corrected chi connectivity index (χ3v) is 3.95. The predicted octanol–water partition coefficient (Wildman–Crippen LogP) is 3.62. The van der Waals surface area contributed by atoms with Gasteiger partial charge in [-0.2, -0.15) is 0 Å². The number of aromatic hydroxyl groups is 1. The first kappa shape index (κ1) is 14.8. The fraction of sp³-hybridized carbons (Fsp3) is 0.600.